The maximum Gasteiger partial charge on any atom is 0.424 e. The molecule has 0 aliphatic carbocycles. The van der Waals surface area contributed by atoms with Crippen LogP contribution in [0, 0.1) is 11.8 Å². The molecule has 0 spiro atoms. The van der Waals surface area contributed by atoms with Gasteiger partial charge in [-0.3, -0.25) is 0 Å². The van der Waals surface area contributed by atoms with Crippen molar-refractivity contribution < 1.29 is 19.1 Å². The minimum absolute atomic E-state index is 0.216. The number of pyridine rings is 1. The van der Waals surface area contributed by atoms with Crippen LogP contribution >= 0.6 is 15.9 Å². The van der Waals surface area contributed by atoms with Crippen LogP contribution < -0.4 is 4.90 Å². The van der Waals surface area contributed by atoms with Gasteiger partial charge in [-0.15, -0.1) is 0 Å². The first-order valence-electron chi connectivity index (χ1n) is 11.0. The van der Waals surface area contributed by atoms with Crippen molar-refractivity contribution in [3.8, 4) is 11.8 Å². The summed E-state index contributed by atoms with van der Waals surface area (Å²) < 4.78 is 11.6. The van der Waals surface area contributed by atoms with E-state index < -0.39 is 23.4 Å². The summed E-state index contributed by atoms with van der Waals surface area (Å²) in [6.45, 7) is 13.5. The summed E-state index contributed by atoms with van der Waals surface area (Å²) in [5, 5.41) is 0. The molecule has 0 saturated carbocycles. The fraction of sp³-hybridized carbons (Fsp3) is 0.625. The first-order valence-corrected chi connectivity index (χ1v) is 11.8. The van der Waals surface area contributed by atoms with E-state index in [9.17, 15) is 9.59 Å². The summed E-state index contributed by atoms with van der Waals surface area (Å²) in [5.41, 5.74) is -1.06. The number of amides is 2. The molecule has 1 fully saturated rings. The number of imide groups is 1. The predicted octanol–water partition coefficient (Wildman–Crippen LogP) is 5.75. The van der Waals surface area contributed by atoms with Crippen LogP contribution in [0.2, 0.25) is 0 Å². The lowest BCUT2D eigenvalue weighted by Gasteiger charge is -2.29. The second-order valence-electron chi connectivity index (χ2n) is 9.77. The Morgan fingerprint density at radius 2 is 1.62 bits per heavy atom. The number of carbonyl (C=O) groups is 2. The maximum atomic E-state index is 13.0. The summed E-state index contributed by atoms with van der Waals surface area (Å²) in [7, 11) is 0. The molecule has 0 N–H and O–H groups in total. The van der Waals surface area contributed by atoms with E-state index in [1.165, 1.54) is 19.3 Å². The third kappa shape index (κ3) is 8.79. The fourth-order valence-corrected chi connectivity index (χ4v) is 3.44. The van der Waals surface area contributed by atoms with Crippen LogP contribution in [-0.4, -0.2) is 52.9 Å². The van der Waals surface area contributed by atoms with Gasteiger partial charge in [-0.1, -0.05) is 12.3 Å². The highest BCUT2D eigenvalue weighted by atomic mass is 79.9. The lowest BCUT2D eigenvalue weighted by Crippen LogP contribution is -2.44. The lowest BCUT2D eigenvalue weighted by molar-refractivity contribution is 0.0430. The lowest BCUT2D eigenvalue weighted by atomic mass is 10.1. The van der Waals surface area contributed by atoms with Crippen LogP contribution in [0.5, 0.6) is 0 Å². The first-order chi connectivity index (χ1) is 14.9. The van der Waals surface area contributed by atoms with Gasteiger partial charge in [-0.05, 0) is 95.4 Å². The highest BCUT2D eigenvalue weighted by molar-refractivity contribution is 9.10. The van der Waals surface area contributed by atoms with E-state index in [-0.39, 0.29) is 5.69 Å². The predicted molar refractivity (Wildman–Crippen MR) is 129 cm³/mol. The fourth-order valence-electron chi connectivity index (χ4n) is 3.12. The summed E-state index contributed by atoms with van der Waals surface area (Å²) in [5.74, 6) is 6.17. The van der Waals surface area contributed by atoms with Crippen molar-refractivity contribution >= 4 is 33.8 Å². The molecule has 7 nitrogen and oxygen atoms in total. The van der Waals surface area contributed by atoms with Gasteiger partial charge in [0, 0.05) is 23.6 Å². The Kier molecular flexibility index (Phi) is 9.11. The van der Waals surface area contributed by atoms with E-state index in [0.717, 1.165) is 24.5 Å². The van der Waals surface area contributed by atoms with Gasteiger partial charge >= 0.3 is 12.2 Å². The molecule has 0 unspecified atom stereocenters. The Bertz CT molecular complexity index is 844. The standard InChI is InChI=1S/C24H34BrN3O4/c1-23(2,3)31-21(29)28(22(30)32-24(4,5)6)20-16-18(25)17-26-19(20)12-8-11-15-27-13-9-7-10-14-27/h16-17H,7,9-11,13-15H2,1-6H3. The monoisotopic (exact) mass is 507 g/mol. The third-order valence-corrected chi connectivity index (χ3v) is 4.87. The summed E-state index contributed by atoms with van der Waals surface area (Å²) >= 11 is 3.37. The quantitative estimate of drug-likeness (QED) is 0.485. The molecule has 32 heavy (non-hydrogen) atoms. The van der Waals surface area contributed by atoms with Crippen molar-refractivity contribution in [1.29, 1.82) is 0 Å². The molecular formula is C24H34BrN3O4. The van der Waals surface area contributed by atoms with Crippen molar-refractivity contribution in [3.05, 3.63) is 22.4 Å². The Labute approximate surface area is 200 Å². The molecule has 2 rings (SSSR count). The van der Waals surface area contributed by atoms with E-state index in [4.69, 9.17) is 9.47 Å². The first kappa shape index (κ1) is 26.1. The van der Waals surface area contributed by atoms with E-state index >= 15 is 0 Å². The van der Waals surface area contributed by atoms with E-state index in [2.05, 4.69) is 37.7 Å². The number of ether oxygens (including phenoxy) is 2. The number of anilines is 1. The molecule has 0 bridgehead atoms. The van der Waals surface area contributed by atoms with Crippen molar-refractivity contribution in [3.63, 3.8) is 0 Å². The van der Waals surface area contributed by atoms with Crippen LogP contribution in [0.4, 0.5) is 15.3 Å². The maximum absolute atomic E-state index is 13.0. The van der Waals surface area contributed by atoms with Gasteiger partial charge in [0.25, 0.3) is 0 Å². The zero-order valence-electron chi connectivity index (χ0n) is 20.0. The largest absolute Gasteiger partial charge is 0.443 e. The number of carbonyl (C=O) groups excluding carboxylic acids is 2. The molecule has 1 aromatic rings. The molecule has 8 heteroatoms. The van der Waals surface area contributed by atoms with Gasteiger partial charge in [0.2, 0.25) is 0 Å². The van der Waals surface area contributed by atoms with Gasteiger partial charge in [-0.25, -0.2) is 14.6 Å². The number of piperidine rings is 1. The summed E-state index contributed by atoms with van der Waals surface area (Å²) in [6, 6.07) is 1.62. The smallest absolute Gasteiger partial charge is 0.424 e. The molecule has 0 atom stereocenters. The number of aromatic nitrogens is 1. The van der Waals surface area contributed by atoms with E-state index in [1.54, 1.807) is 53.8 Å². The van der Waals surface area contributed by atoms with Crippen LogP contribution in [-0.2, 0) is 9.47 Å². The SMILES string of the molecule is CC(C)(C)OC(=O)N(C(=O)OC(C)(C)C)c1cc(Br)cnc1C#CCCN1CCCCC1. The van der Waals surface area contributed by atoms with Gasteiger partial charge in [0.05, 0.1) is 5.69 Å². The summed E-state index contributed by atoms with van der Waals surface area (Å²) in [6.07, 6.45) is 4.32. The highest BCUT2D eigenvalue weighted by Crippen LogP contribution is 2.27. The Morgan fingerprint density at radius 1 is 1.06 bits per heavy atom. The number of likely N-dealkylation sites (tertiary alicyclic amines) is 1. The van der Waals surface area contributed by atoms with Gasteiger partial charge in [-0.2, -0.15) is 4.90 Å². The highest BCUT2D eigenvalue weighted by Gasteiger charge is 2.34. The van der Waals surface area contributed by atoms with Gasteiger partial charge in [0.15, 0.2) is 0 Å². The second kappa shape index (κ2) is 11.2. The average Bonchev–Trinajstić information content (AvgIpc) is 2.64. The minimum Gasteiger partial charge on any atom is -0.443 e. The Hall–Kier alpha value is -2.11. The van der Waals surface area contributed by atoms with Crippen molar-refractivity contribution in [2.24, 2.45) is 0 Å². The number of rotatable bonds is 3. The molecule has 2 heterocycles. The molecule has 1 aliphatic rings. The number of nitrogens with zero attached hydrogens (tertiary/aromatic N) is 3. The topological polar surface area (TPSA) is 72.0 Å². The van der Waals surface area contributed by atoms with Gasteiger partial charge in [0.1, 0.15) is 16.9 Å². The number of hydrogen-bond acceptors (Lipinski definition) is 6. The zero-order valence-corrected chi connectivity index (χ0v) is 21.5. The molecule has 1 saturated heterocycles. The van der Waals surface area contributed by atoms with Crippen LogP contribution in [0.25, 0.3) is 0 Å². The van der Waals surface area contributed by atoms with Crippen LogP contribution in [0.15, 0.2) is 16.7 Å². The molecule has 1 aromatic heterocycles. The zero-order chi connectivity index (χ0) is 23.9. The number of hydrogen-bond donors (Lipinski definition) is 0. The van der Waals surface area contributed by atoms with Gasteiger partial charge < -0.3 is 14.4 Å². The number of halogens is 1. The second-order valence-corrected chi connectivity index (χ2v) is 10.7. The molecule has 1 aliphatic heterocycles. The molecule has 0 radical (unpaired) electrons. The minimum atomic E-state index is -0.844. The molecule has 0 aromatic carbocycles. The van der Waals surface area contributed by atoms with Crippen molar-refractivity contribution in [1.82, 2.24) is 9.88 Å². The summed E-state index contributed by atoms with van der Waals surface area (Å²) in [4.78, 5) is 33.6. The van der Waals surface area contributed by atoms with E-state index in [1.807, 2.05) is 0 Å². The Balaban J connectivity index is 2.33. The molecule has 2 amide bonds. The van der Waals surface area contributed by atoms with Crippen molar-refractivity contribution in [2.45, 2.75) is 78.4 Å². The third-order valence-electron chi connectivity index (χ3n) is 4.44. The normalized spacial score (nSPS) is 14.8. The van der Waals surface area contributed by atoms with E-state index in [0.29, 0.717) is 16.6 Å². The van der Waals surface area contributed by atoms with Crippen molar-refractivity contribution in [2.75, 3.05) is 24.5 Å². The molecular weight excluding hydrogens is 474 g/mol. The molecule has 176 valence electrons. The van der Waals surface area contributed by atoms with Crippen LogP contribution in [0.3, 0.4) is 0 Å². The average molecular weight is 508 g/mol. The Morgan fingerprint density at radius 3 is 2.16 bits per heavy atom. The van der Waals surface area contributed by atoms with Crippen LogP contribution in [0.1, 0.15) is 72.9 Å².